The fraction of sp³-hybridized carbons (Fsp3) is 0.500. The maximum absolute atomic E-state index is 6.18. The van der Waals surface area contributed by atoms with E-state index in [0.717, 1.165) is 30.7 Å². The van der Waals surface area contributed by atoms with E-state index in [2.05, 4.69) is 15.3 Å². The Balaban J connectivity index is 1.97. The molecule has 15 heavy (non-hydrogen) atoms. The highest BCUT2D eigenvalue weighted by atomic mass is 15.4. The highest BCUT2D eigenvalue weighted by molar-refractivity contribution is 5.34. The SMILES string of the molecule is NC1(Cc2nnc3cccnn23)CCC1. The molecule has 0 bridgehead atoms. The van der Waals surface area contributed by atoms with Gasteiger partial charge in [0, 0.05) is 18.2 Å². The highest BCUT2D eigenvalue weighted by Crippen LogP contribution is 2.31. The molecule has 5 heteroatoms. The molecule has 2 N–H and O–H groups in total. The van der Waals surface area contributed by atoms with Gasteiger partial charge in [-0.3, -0.25) is 0 Å². The first kappa shape index (κ1) is 8.79. The first-order valence-electron chi connectivity index (χ1n) is 5.21. The van der Waals surface area contributed by atoms with Gasteiger partial charge in [-0.1, -0.05) is 0 Å². The van der Waals surface area contributed by atoms with Crippen molar-refractivity contribution in [1.29, 1.82) is 0 Å². The smallest absolute Gasteiger partial charge is 0.177 e. The van der Waals surface area contributed by atoms with E-state index in [1.165, 1.54) is 6.42 Å². The lowest BCUT2D eigenvalue weighted by molar-refractivity contribution is 0.242. The Hall–Kier alpha value is -1.49. The van der Waals surface area contributed by atoms with Gasteiger partial charge in [-0.2, -0.15) is 9.61 Å². The van der Waals surface area contributed by atoms with Crippen molar-refractivity contribution in [3.05, 3.63) is 24.2 Å². The summed E-state index contributed by atoms with van der Waals surface area (Å²) < 4.78 is 1.77. The summed E-state index contributed by atoms with van der Waals surface area (Å²) in [5.41, 5.74) is 6.89. The monoisotopic (exact) mass is 203 g/mol. The standard InChI is InChI=1S/C10H13N5/c11-10(4-2-5-10)7-9-14-13-8-3-1-6-12-15(8)9/h1,3,6H,2,4-5,7,11H2. The van der Waals surface area contributed by atoms with Crippen molar-refractivity contribution in [2.75, 3.05) is 0 Å². The van der Waals surface area contributed by atoms with Crippen molar-refractivity contribution in [1.82, 2.24) is 19.8 Å². The van der Waals surface area contributed by atoms with Crippen molar-refractivity contribution in [3.8, 4) is 0 Å². The van der Waals surface area contributed by atoms with Crippen molar-refractivity contribution >= 4 is 5.65 Å². The Morgan fingerprint density at radius 3 is 3.00 bits per heavy atom. The van der Waals surface area contributed by atoms with Crippen LogP contribution in [0.1, 0.15) is 25.1 Å². The topological polar surface area (TPSA) is 69.1 Å². The van der Waals surface area contributed by atoms with Gasteiger partial charge in [0.25, 0.3) is 0 Å². The zero-order valence-electron chi connectivity index (χ0n) is 8.43. The summed E-state index contributed by atoms with van der Waals surface area (Å²) in [4.78, 5) is 0. The predicted octanol–water partition coefficient (Wildman–Crippen LogP) is 0.548. The van der Waals surface area contributed by atoms with Crippen LogP contribution in [0.2, 0.25) is 0 Å². The van der Waals surface area contributed by atoms with Crippen molar-refractivity contribution in [3.63, 3.8) is 0 Å². The minimum absolute atomic E-state index is 0.0690. The predicted molar refractivity (Wildman–Crippen MR) is 55.3 cm³/mol. The van der Waals surface area contributed by atoms with Crippen LogP contribution in [0.5, 0.6) is 0 Å². The average molecular weight is 203 g/mol. The third-order valence-electron chi connectivity index (χ3n) is 3.10. The van der Waals surface area contributed by atoms with Gasteiger partial charge in [-0.05, 0) is 31.4 Å². The summed E-state index contributed by atoms with van der Waals surface area (Å²) in [6, 6.07) is 3.75. The van der Waals surface area contributed by atoms with E-state index in [1.807, 2.05) is 12.1 Å². The number of fused-ring (bicyclic) bond motifs is 1. The third kappa shape index (κ3) is 1.39. The molecule has 0 amide bonds. The summed E-state index contributed by atoms with van der Waals surface area (Å²) in [5, 5.41) is 12.4. The average Bonchev–Trinajstić information content (AvgIpc) is 2.60. The van der Waals surface area contributed by atoms with Crippen LogP contribution in [0.25, 0.3) is 5.65 Å². The minimum Gasteiger partial charge on any atom is -0.325 e. The molecule has 78 valence electrons. The zero-order valence-corrected chi connectivity index (χ0v) is 8.43. The van der Waals surface area contributed by atoms with Gasteiger partial charge in [0.2, 0.25) is 0 Å². The second-order valence-corrected chi connectivity index (χ2v) is 4.30. The summed E-state index contributed by atoms with van der Waals surface area (Å²) in [7, 11) is 0. The Morgan fingerprint density at radius 2 is 2.27 bits per heavy atom. The molecule has 0 unspecified atom stereocenters. The molecule has 1 fully saturated rings. The largest absolute Gasteiger partial charge is 0.325 e. The summed E-state index contributed by atoms with van der Waals surface area (Å²) in [6.45, 7) is 0. The number of hydrogen-bond acceptors (Lipinski definition) is 4. The number of nitrogens with two attached hydrogens (primary N) is 1. The van der Waals surface area contributed by atoms with Crippen LogP contribution in [0.3, 0.4) is 0 Å². The molecule has 0 aromatic carbocycles. The molecule has 2 aromatic rings. The number of rotatable bonds is 2. The van der Waals surface area contributed by atoms with E-state index < -0.39 is 0 Å². The minimum atomic E-state index is -0.0690. The van der Waals surface area contributed by atoms with E-state index in [0.29, 0.717) is 0 Å². The van der Waals surface area contributed by atoms with Gasteiger partial charge >= 0.3 is 0 Å². The van der Waals surface area contributed by atoms with Crippen LogP contribution < -0.4 is 5.73 Å². The van der Waals surface area contributed by atoms with E-state index in [9.17, 15) is 0 Å². The van der Waals surface area contributed by atoms with Gasteiger partial charge in [0.1, 0.15) is 0 Å². The lowest BCUT2D eigenvalue weighted by atomic mass is 9.75. The third-order valence-corrected chi connectivity index (χ3v) is 3.10. The van der Waals surface area contributed by atoms with E-state index in [4.69, 9.17) is 5.73 Å². The molecule has 0 atom stereocenters. The second kappa shape index (κ2) is 3.00. The van der Waals surface area contributed by atoms with Crippen LogP contribution in [0, 0.1) is 0 Å². The number of aromatic nitrogens is 4. The molecule has 2 aromatic heterocycles. The van der Waals surface area contributed by atoms with Crippen LogP contribution in [0.15, 0.2) is 18.3 Å². The van der Waals surface area contributed by atoms with E-state index in [-0.39, 0.29) is 5.54 Å². The normalized spacial score (nSPS) is 19.0. The quantitative estimate of drug-likeness (QED) is 0.773. The Kier molecular flexibility index (Phi) is 1.76. The van der Waals surface area contributed by atoms with Gasteiger partial charge in [-0.25, -0.2) is 0 Å². The molecule has 2 heterocycles. The van der Waals surface area contributed by atoms with Gasteiger partial charge in [0.15, 0.2) is 11.5 Å². The van der Waals surface area contributed by atoms with E-state index >= 15 is 0 Å². The zero-order chi connectivity index (χ0) is 10.3. The maximum Gasteiger partial charge on any atom is 0.177 e. The molecule has 5 nitrogen and oxygen atoms in total. The van der Waals surface area contributed by atoms with Crippen LogP contribution in [-0.2, 0) is 6.42 Å². The van der Waals surface area contributed by atoms with Crippen molar-refractivity contribution < 1.29 is 0 Å². The molecular formula is C10H13N5. The van der Waals surface area contributed by atoms with Crippen LogP contribution >= 0.6 is 0 Å². The molecule has 3 rings (SSSR count). The molecule has 0 aliphatic heterocycles. The first-order chi connectivity index (χ1) is 7.27. The van der Waals surface area contributed by atoms with Crippen LogP contribution in [-0.4, -0.2) is 25.4 Å². The number of nitrogens with zero attached hydrogens (tertiary/aromatic N) is 4. The molecule has 1 aliphatic rings. The first-order valence-corrected chi connectivity index (χ1v) is 5.21. The van der Waals surface area contributed by atoms with Gasteiger partial charge in [0.05, 0.1) is 0 Å². The van der Waals surface area contributed by atoms with Gasteiger partial charge < -0.3 is 5.73 Å². The Morgan fingerprint density at radius 1 is 1.40 bits per heavy atom. The summed E-state index contributed by atoms with van der Waals surface area (Å²) in [5.74, 6) is 0.868. The molecular weight excluding hydrogens is 190 g/mol. The van der Waals surface area contributed by atoms with E-state index in [1.54, 1.807) is 10.7 Å². The van der Waals surface area contributed by atoms with Gasteiger partial charge in [-0.15, -0.1) is 10.2 Å². The lowest BCUT2D eigenvalue weighted by Crippen LogP contribution is -2.48. The fourth-order valence-electron chi connectivity index (χ4n) is 2.02. The number of hydrogen-bond donors (Lipinski definition) is 1. The fourth-order valence-corrected chi connectivity index (χ4v) is 2.02. The molecule has 0 saturated heterocycles. The Labute approximate surface area is 87.3 Å². The van der Waals surface area contributed by atoms with Crippen molar-refractivity contribution in [2.24, 2.45) is 5.73 Å². The molecule has 1 aliphatic carbocycles. The maximum atomic E-state index is 6.18. The second-order valence-electron chi connectivity index (χ2n) is 4.30. The van der Waals surface area contributed by atoms with Crippen LogP contribution in [0.4, 0.5) is 0 Å². The molecule has 0 spiro atoms. The lowest BCUT2D eigenvalue weighted by Gasteiger charge is -2.37. The molecule has 0 radical (unpaired) electrons. The van der Waals surface area contributed by atoms with Crippen molar-refractivity contribution in [2.45, 2.75) is 31.2 Å². The summed E-state index contributed by atoms with van der Waals surface area (Å²) >= 11 is 0. The molecule has 1 saturated carbocycles. The summed E-state index contributed by atoms with van der Waals surface area (Å²) in [6.07, 6.45) is 5.89. The Bertz CT molecular complexity index is 485. The highest BCUT2D eigenvalue weighted by Gasteiger charge is 2.34.